The highest BCUT2D eigenvalue weighted by molar-refractivity contribution is 5.24. The molecule has 2 N–H and O–H groups in total. The maximum Gasteiger partial charge on any atom is 0.0791 e. The van der Waals surface area contributed by atoms with E-state index in [-0.39, 0.29) is 6.10 Å². The Balaban J connectivity index is 2.49. The molecule has 1 rings (SSSR count). The van der Waals surface area contributed by atoms with Crippen LogP contribution in [0.4, 0.5) is 0 Å². The van der Waals surface area contributed by atoms with Crippen LogP contribution in [0, 0.1) is 13.8 Å². The van der Waals surface area contributed by atoms with Crippen LogP contribution in [0.1, 0.15) is 30.3 Å². The molecule has 0 aliphatic heterocycles. The zero-order chi connectivity index (χ0) is 14.4. The number of nitrogens with one attached hydrogen (secondary N) is 1. The fourth-order valence-electron chi connectivity index (χ4n) is 2.27. The van der Waals surface area contributed by atoms with Crippen LogP contribution in [-0.4, -0.2) is 53.1 Å². The summed E-state index contributed by atoms with van der Waals surface area (Å²) in [5, 5.41) is 17.7. The molecular weight excluding hydrogens is 240 g/mol. The lowest BCUT2D eigenvalue weighted by Crippen LogP contribution is -2.34. The fourth-order valence-corrected chi connectivity index (χ4v) is 2.27. The van der Waals surface area contributed by atoms with E-state index in [4.69, 9.17) is 0 Å². The van der Waals surface area contributed by atoms with E-state index in [0.29, 0.717) is 13.1 Å². The molecule has 5 nitrogen and oxygen atoms in total. The smallest absolute Gasteiger partial charge is 0.0791 e. The van der Waals surface area contributed by atoms with E-state index >= 15 is 0 Å². The Morgan fingerprint density at radius 3 is 2.63 bits per heavy atom. The molecule has 19 heavy (non-hydrogen) atoms. The Morgan fingerprint density at radius 1 is 1.37 bits per heavy atom. The fraction of sp³-hybridized carbons (Fsp3) is 0.786. The monoisotopic (exact) mass is 268 g/mol. The van der Waals surface area contributed by atoms with Gasteiger partial charge in [-0.25, -0.2) is 0 Å². The Kier molecular flexibility index (Phi) is 6.48. The van der Waals surface area contributed by atoms with Crippen LogP contribution >= 0.6 is 0 Å². The third kappa shape index (κ3) is 4.93. The van der Waals surface area contributed by atoms with Gasteiger partial charge in [0.25, 0.3) is 0 Å². The van der Waals surface area contributed by atoms with Crippen molar-refractivity contribution < 1.29 is 5.11 Å². The van der Waals surface area contributed by atoms with Crippen LogP contribution in [0.15, 0.2) is 0 Å². The molecule has 0 fully saturated rings. The first-order valence-corrected chi connectivity index (χ1v) is 7.02. The first kappa shape index (κ1) is 16.1. The third-order valence-electron chi connectivity index (χ3n) is 3.22. The Morgan fingerprint density at radius 2 is 2.05 bits per heavy atom. The van der Waals surface area contributed by atoms with Crippen molar-refractivity contribution in [1.82, 2.24) is 20.0 Å². The van der Waals surface area contributed by atoms with Crippen molar-refractivity contribution in [3.8, 4) is 0 Å². The molecule has 0 aromatic carbocycles. The van der Waals surface area contributed by atoms with Gasteiger partial charge in [0.05, 0.1) is 11.8 Å². The van der Waals surface area contributed by atoms with Gasteiger partial charge in [0.1, 0.15) is 0 Å². The number of aliphatic hydroxyl groups is 1. The van der Waals surface area contributed by atoms with Crippen LogP contribution in [0.2, 0.25) is 0 Å². The summed E-state index contributed by atoms with van der Waals surface area (Å²) in [7, 11) is 3.93. The summed E-state index contributed by atoms with van der Waals surface area (Å²) in [5.74, 6) is 0. The zero-order valence-corrected chi connectivity index (χ0v) is 12.9. The molecule has 1 aromatic rings. The molecule has 1 aromatic heterocycles. The van der Waals surface area contributed by atoms with Gasteiger partial charge in [-0.2, -0.15) is 5.10 Å². The van der Waals surface area contributed by atoms with E-state index in [9.17, 15) is 5.11 Å². The molecule has 110 valence electrons. The van der Waals surface area contributed by atoms with Gasteiger partial charge in [0.15, 0.2) is 0 Å². The lowest BCUT2D eigenvalue weighted by Gasteiger charge is -2.16. The molecule has 0 spiro atoms. The normalized spacial score (nSPS) is 13.2. The summed E-state index contributed by atoms with van der Waals surface area (Å²) >= 11 is 0. The molecule has 1 unspecified atom stereocenters. The molecule has 1 atom stereocenters. The summed E-state index contributed by atoms with van der Waals surface area (Å²) in [6.45, 7) is 9.35. The minimum Gasteiger partial charge on any atom is -0.390 e. The van der Waals surface area contributed by atoms with Gasteiger partial charge in [0.2, 0.25) is 0 Å². The molecule has 0 aliphatic rings. The number of aromatic nitrogens is 2. The van der Waals surface area contributed by atoms with Crippen LogP contribution < -0.4 is 5.32 Å². The predicted octanol–water partition coefficient (Wildman–Crippen LogP) is 0.922. The maximum absolute atomic E-state index is 9.80. The topological polar surface area (TPSA) is 53.3 Å². The Bertz CT molecular complexity index is 387. The molecule has 0 amide bonds. The number of hydrogen-bond donors (Lipinski definition) is 2. The molecular formula is C14H28N4O. The third-order valence-corrected chi connectivity index (χ3v) is 3.22. The van der Waals surface area contributed by atoms with Gasteiger partial charge in [-0.1, -0.05) is 6.92 Å². The summed E-state index contributed by atoms with van der Waals surface area (Å²) in [5.41, 5.74) is 3.57. The van der Waals surface area contributed by atoms with Crippen molar-refractivity contribution in [2.24, 2.45) is 0 Å². The highest BCUT2D eigenvalue weighted by atomic mass is 16.3. The van der Waals surface area contributed by atoms with E-state index in [1.165, 1.54) is 11.3 Å². The first-order valence-electron chi connectivity index (χ1n) is 7.02. The second kappa shape index (κ2) is 7.62. The van der Waals surface area contributed by atoms with Crippen LogP contribution in [0.3, 0.4) is 0 Å². The van der Waals surface area contributed by atoms with Crippen molar-refractivity contribution in [3.63, 3.8) is 0 Å². The minimum absolute atomic E-state index is 0.332. The van der Waals surface area contributed by atoms with E-state index < -0.39 is 0 Å². The van der Waals surface area contributed by atoms with Gasteiger partial charge in [-0.15, -0.1) is 0 Å². The standard InChI is InChI=1S/C14H28N4O/c1-6-7-18-12(3)14(11(2)16-18)9-15-8-13(19)10-17(4)5/h13,15,19H,6-10H2,1-5H3. The average molecular weight is 268 g/mol. The number of rotatable bonds is 8. The average Bonchev–Trinajstić information content (AvgIpc) is 2.56. The van der Waals surface area contributed by atoms with Crippen molar-refractivity contribution in [2.75, 3.05) is 27.2 Å². The summed E-state index contributed by atoms with van der Waals surface area (Å²) in [6.07, 6.45) is 0.761. The quantitative estimate of drug-likeness (QED) is 0.736. The predicted molar refractivity (Wildman–Crippen MR) is 78.3 cm³/mol. The summed E-state index contributed by atoms with van der Waals surface area (Å²) in [4.78, 5) is 1.99. The lowest BCUT2D eigenvalue weighted by molar-refractivity contribution is 0.134. The van der Waals surface area contributed by atoms with Gasteiger partial charge in [-0.05, 0) is 34.4 Å². The number of nitrogens with zero attached hydrogens (tertiary/aromatic N) is 3. The summed E-state index contributed by atoms with van der Waals surface area (Å²) in [6, 6.07) is 0. The minimum atomic E-state index is -0.332. The molecule has 0 aliphatic carbocycles. The van der Waals surface area contributed by atoms with E-state index in [2.05, 4.69) is 28.9 Å². The second-order valence-corrected chi connectivity index (χ2v) is 5.42. The van der Waals surface area contributed by atoms with Crippen LogP contribution in [-0.2, 0) is 13.1 Å². The van der Waals surface area contributed by atoms with Crippen molar-refractivity contribution >= 4 is 0 Å². The van der Waals surface area contributed by atoms with Crippen molar-refractivity contribution in [1.29, 1.82) is 0 Å². The van der Waals surface area contributed by atoms with Gasteiger partial charge in [0, 0.05) is 37.4 Å². The highest BCUT2D eigenvalue weighted by Gasteiger charge is 2.11. The molecule has 0 saturated carbocycles. The van der Waals surface area contributed by atoms with Gasteiger partial charge in [-0.3, -0.25) is 4.68 Å². The first-order chi connectivity index (χ1) is 8.95. The van der Waals surface area contributed by atoms with Gasteiger partial charge >= 0.3 is 0 Å². The van der Waals surface area contributed by atoms with Gasteiger partial charge < -0.3 is 15.3 Å². The molecule has 0 saturated heterocycles. The molecule has 0 radical (unpaired) electrons. The van der Waals surface area contributed by atoms with E-state index in [1.54, 1.807) is 0 Å². The second-order valence-electron chi connectivity index (χ2n) is 5.42. The number of aryl methyl sites for hydroxylation is 2. The van der Waals surface area contributed by atoms with Crippen molar-refractivity contribution in [3.05, 3.63) is 17.0 Å². The SMILES string of the molecule is CCCn1nc(C)c(CNCC(O)CN(C)C)c1C. The van der Waals surface area contributed by atoms with E-state index in [0.717, 1.165) is 25.2 Å². The number of aliphatic hydroxyl groups excluding tert-OH is 1. The van der Waals surface area contributed by atoms with E-state index in [1.807, 2.05) is 25.9 Å². The molecule has 5 heteroatoms. The highest BCUT2D eigenvalue weighted by Crippen LogP contribution is 2.13. The van der Waals surface area contributed by atoms with Crippen LogP contribution in [0.5, 0.6) is 0 Å². The van der Waals surface area contributed by atoms with Crippen LogP contribution in [0.25, 0.3) is 0 Å². The maximum atomic E-state index is 9.80. The number of hydrogen-bond acceptors (Lipinski definition) is 4. The molecule has 1 heterocycles. The summed E-state index contributed by atoms with van der Waals surface area (Å²) < 4.78 is 2.07. The Labute approximate surface area is 116 Å². The molecule has 0 bridgehead atoms. The number of likely N-dealkylation sites (N-methyl/N-ethyl adjacent to an activating group) is 1. The zero-order valence-electron chi connectivity index (χ0n) is 12.9. The Hall–Kier alpha value is -0.910. The van der Waals surface area contributed by atoms with Crippen molar-refractivity contribution in [2.45, 2.75) is 46.4 Å². The largest absolute Gasteiger partial charge is 0.390 e. The lowest BCUT2D eigenvalue weighted by atomic mass is 10.2.